The molecule has 0 unspecified atom stereocenters. The molecule has 4 aliphatic heterocycles. The number of aromatic nitrogens is 2. The first-order valence-corrected chi connectivity index (χ1v) is 17.6. The molecule has 2 aromatic rings. The zero-order chi connectivity index (χ0) is 30.5. The molecule has 0 amide bonds. The standard InChI is InChI=1S/C35H49N7O3/c43-32-4-2-1-3-29(32)30-19-31-33(38-37-30)36-22-28-23-41(17-18-42(28)31)26-9-13-39(14-10-26)25-7-15-40(16-8-25)27-20-35(21-27)11-5-24(6-12-35)34(44)45/h1-4,19,24-28,43H,5-18,20-23H2,(H,36,38)(H,44,45)/t24-,27-,28-,35?/m0/s1. The van der Waals surface area contributed by atoms with Crippen LogP contribution in [0.1, 0.15) is 64.2 Å². The molecular formula is C35H49N7O3. The van der Waals surface area contributed by atoms with Crippen LogP contribution in [0.3, 0.4) is 0 Å². The Bertz CT molecular complexity index is 1370. The zero-order valence-corrected chi connectivity index (χ0v) is 26.5. The summed E-state index contributed by atoms with van der Waals surface area (Å²) in [6.07, 6.45) is 11.8. The number of aromatic hydroxyl groups is 1. The summed E-state index contributed by atoms with van der Waals surface area (Å²) in [5.41, 5.74) is 3.00. The molecule has 2 saturated carbocycles. The van der Waals surface area contributed by atoms with Crippen molar-refractivity contribution in [2.24, 2.45) is 11.3 Å². The number of carboxylic acids is 1. The van der Waals surface area contributed by atoms with Crippen LogP contribution in [0.2, 0.25) is 0 Å². The van der Waals surface area contributed by atoms with Gasteiger partial charge < -0.3 is 30.2 Å². The Morgan fingerprint density at radius 1 is 0.800 bits per heavy atom. The fraction of sp³-hybridized carbons (Fsp3) is 0.686. The second-order valence-corrected chi connectivity index (χ2v) is 14.9. The third-order valence-electron chi connectivity index (χ3n) is 12.6. The van der Waals surface area contributed by atoms with Gasteiger partial charge >= 0.3 is 5.97 Å². The number of phenols is 1. The number of benzene rings is 1. The van der Waals surface area contributed by atoms with Crippen molar-refractivity contribution in [1.29, 1.82) is 0 Å². The number of fused-ring (bicyclic) bond motifs is 3. The summed E-state index contributed by atoms with van der Waals surface area (Å²) in [6, 6.07) is 12.0. The highest BCUT2D eigenvalue weighted by atomic mass is 16.4. The van der Waals surface area contributed by atoms with Crippen LogP contribution >= 0.6 is 0 Å². The number of anilines is 2. The average Bonchev–Trinajstić information content (AvgIpc) is 3.07. The number of phenolic OH excluding ortho intramolecular Hbond substituents is 1. The second kappa shape index (κ2) is 12.0. The van der Waals surface area contributed by atoms with Gasteiger partial charge in [-0.25, -0.2) is 0 Å². The van der Waals surface area contributed by atoms with Crippen LogP contribution in [0.5, 0.6) is 5.75 Å². The smallest absolute Gasteiger partial charge is 0.306 e. The number of hydrogen-bond acceptors (Lipinski definition) is 9. The number of nitrogens with zero attached hydrogens (tertiary/aromatic N) is 6. The van der Waals surface area contributed by atoms with Gasteiger partial charge in [-0.1, -0.05) is 12.1 Å². The van der Waals surface area contributed by atoms with Crippen molar-refractivity contribution in [2.75, 3.05) is 62.6 Å². The van der Waals surface area contributed by atoms with E-state index in [2.05, 4.69) is 41.2 Å². The zero-order valence-electron chi connectivity index (χ0n) is 26.5. The van der Waals surface area contributed by atoms with Gasteiger partial charge in [0.25, 0.3) is 0 Å². The number of para-hydroxylation sites is 1. The fourth-order valence-electron chi connectivity index (χ4n) is 9.78. The lowest BCUT2D eigenvalue weighted by Crippen LogP contribution is -2.61. The highest BCUT2D eigenvalue weighted by molar-refractivity contribution is 5.76. The number of piperidine rings is 2. The van der Waals surface area contributed by atoms with E-state index in [9.17, 15) is 15.0 Å². The highest BCUT2D eigenvalue weighted by Gasteiger charge is 2.49. The Morgan fingerprint density at radius 2 is 1.47 bits per heavy atom. The molecular weight excluding hydrogens is 566 g/mol. The van der Waals surface area contributed by atoms with Crippen LogP contribution in [-0.2, 0) is 4.79 Å². The van der Waals surface area contributed by atoms with Crippen LogP contribution in [0.4, 0.5) is 11.5 Å². The van der Waals surface area contributed by atoms with Crippen molar-refractivity contribution >= 4 is 17.5 Å². The Labute approximate surface area is 266 Å². The summed E-state index contributed by atoms with van der Waals surface area (Å²) < 4.78 is 0. The normalized spacial score (nSPS) is 32.0. The summed E-state index contributed by atoms with van der Waals surface area (Å²) in [7, 11) is 0. The number of aliphatic carboxylic acids is 1. The largest absolute Gasteiger partial charge is 0.507 e. The second-order valence-electron chi connectivity index (χ2n) is 14.9. The number of carboxylic acid groups (broad SMARTS) is 1. The number of rotatable bonds is 5. The van der Waals surface area contributed by atoms with Crippen LogP contribution in [-0.4, -0.2) is 118 Å². The molecule has 8 rings (SSSR count). The van der Waals surface area contributed by atoms with Crippen molar-refractivity contribution in [3.05, 3.63) is 30.3 Å². The Morgan fingerprint density at radius 3 is 2.16 bits per heavy atom. The van der Waals surface area contributed by atoms with E-state index < -0.39 is 5.97 Å². The number of nitrogens with one attached hydrogen (secondary N) is 1. The van der Waals surface area contributed by atoms with Gasteiger partial charge in [0.2, 0.25) is 0 Å². The molecule has 10 heteroatoms. The third kappa shape index (κ3) is 5.67. The maximum Gasteiger partial charge on any atom is 0.306 e. The van der Waals surface area contributed by atoms with E-state index in [0.29, 0.717) is 23.2 Å². The van der Waals surface area contributed by atoms with Crippen molar-refractivity contribution < 1.29 is 15.0 Å². The predicted molar refractivity (Wildman–Crippen MR) is 175 cm³/mol. The van der Waals surface area contributed by atoms with Crippen molar-refractivity contribution in [1.82, 2.24) is 24.9 Å². The quantitative estimate of drug-likeness (QED) is 0.455. The molecule has 1 aromatic carbocycles. The molecule has 1 aromatic heterocycles. The molecule has 242 valence electrons. The van der Waals surface area contributed by atoms with Gasteiger partial charge in [0, 0.05) is 49.9 Å². The maximum atomic E-state index is 11.4. The van der Waals surface area contributed by atoms with Gasteiger partial charge in [0.15, 0.2) is 5.82 Å². The number of piperazine rings is 1. The summed E-state index contributed by atoms with van der Waals surface area (Å²) >= 11 is 0. The highest BCUT2D eigenvalue weighted by Crippen LogP contribution is 2.54. The van der Waals surface area contributed by atoms with E-state index in [-0.39, 0.29) is 11.7 Å². The lowest BCUT2D eigenvalue weighted by molar-refractivity contribution is -0.145. The molecule has 5 fully saturated rings. The molecule has 5 heterocycles. The van der Waals surface area contributed by atoms with E-state index in [1.165, 1.54) is 64.7 Å². The van der Waals surface area contributed by atoms with E-state index in [0.717, 1.165) is 81.0 Å². The van der Waals surface area contributed by atoms with Crippen LogP contribution in [0.25, 0.3) is 11.3 Å². The van der Waals surface area contributed by atoms with Gasteiger partial charge in [-0.05, 0) is 114 Å². The van der Waals surface area contributed by atoms with E-state index in [1.807, 2.05) is 18.2 Å². The lowest BCUT2D eigenvalue weighted by atomic mass is 9.56. The maximum absolute atomic E-state index is 11.4. The van der Waals surface area contributed by atoms with Gasteiger partial charge in [0.1, 0.15) is 5.75 Å². The third-order valence-corrected chi connectivity index (χ3v) is 12.6. The molecule has 2 aliphatic carbocycles. The van der Waals surface area contributed by atoms with Crippen molar-refractivity contribution in [2.45, 2.75) is 88.4 Å². The molecule has 10 nitrogen and oxygen atoms in total. The predicted octanol–water partition coefficient (Wildman–Crippen LogP) is 4.12. The molecule has 3 saturated heterocycles. The summed E-state index contributed by atoms with van der Waals surface area (Å²) in [6.45, 7) is 8.93. The van der Waals surface area contributed by atoms with Gasteiger partial charge in [-0.3, -0.25) is 9.69 Å². The Balaban J connectivity index is 0.799. The van der Waals surface area contributed by atoms with Crippen LogP contribution < -0.4 is 10.2 Å². The van der Waals surface area contributed by atoms with Gasteiger partial charge in [-0.2, -0.15) is 0 Å². The molecule has 45 heavy (non-hydrogen) atoms. The lowest BCUT2D eigenvalue weighted by Gasteiger charge is -2.56. The number of likely N-dealkylation sites (tertiary alicyclic amines) is 2. The van der Waals surface area contributed by atoms with Crippen LogP contribution in [0.15, 0.2) is 30.3 Å². The topological polar surface area (TPSA) is 108 Å². The minimum atomic E-state index is -0.584. The molecule has 1 atom stereocenters. The van der Waals surface area contributed by atoms with Crippen LogP contribution in [0, 0.1) is 11.3 Å². The first-order chi connectivity index (χ1) is 21.9. The number of carbonyl (C=O) groups is 1. The van der Waals surface area contributed by atoms with Gasteiger partial charge in [-0.15, -0.1) is 10.2 Å². The first-order valence-electron chi connectivity index (χ1n) is 17.6. The van der Waals surface area contributed by atoms with E-state index in [4.69, 9.17) is 0 Å². The molecule has 0 radical (unpaired) electrons. The minimum Gasteiger partial charge on any atom is -0.507 e. The van der Waals surface area contributed by atoms with E-state index in [1.54, 1.807) is 6.07 Å². The van der Waals surface area contributed by atoms with Gasteiger partial charge in [0.05, 0.1) is 23.3 Å². The summed E-state index contributed by atoms with van der Waals surface area (Å²) in [5, 5.41) is 32.1. The Hall–Kier alpha value is -2.95. The van der Waals surface area contributed by atoms with Crippen molar-refractivity contribution in [3.63, 3.8) is 0 Å². The minimum absolute atomic E-state index is 0.0955. The van der Waals surface area contributed by atoms with Crippen molar-refractivity contribution in [3.8, 4) is 17.0 Å². The molecule has 3 N–H and O–H groups in total. The summed E-state index contributed by atoms with van der Waals surface area (Å²) in [4.78, 5) is 22.2. The fourth-order valence-corrected chi connectivity index (χ4v) is 9.78. The summed E-state index contributed by atoms with van der Waals surface area (Å²) in [5.74, 6) is 0.400. The monoisotopic (exact) mass is 615 g/mol. The average molecular weight is 616 g/mol. The molecule has 1 spiro atoms. The Kier molecular flexibility index (Phi) is 7.86. The van der Waals surface area contributed by atoms with E-state index >= 15 is 0 Å². The molecule has 0 bridgehead atoms. The first kappa shape index (κ1) is 29.5. The molecule has 6 aliphatic rings. The SMILES string of the molecule is O=C(O)[C@H]1CCC2(CC1)C[C@H](N1CCC(N3CCC(N4CCN5c6cc(-c7ccccc7O)nnc6NC[C@H]5C4)CC3)CC1)C2. The number of hydrogen-bond donors (Lipinski definition) is 3.